The highest BCUT2D eigenvalue weighted by Gasteiger charge is 2.01. The van der Waals surface area contributed by atoms with Gasteiger partial charge in [-0.25, -0.2) is 4.98 Å². The molecule has 6 nitrogen and oxygen atoms in total. The van der Waals surface area contributed by atoms with Crippen molar-refractivity contribution in [3.05, 3.63) is 52.2 Å². The normalized spacial score (nSPS) is 9.60. The molecule has 0 spiro atoms. The number of H-pyrrole nitrogens is 1. The lowest BCUT2D eigenvalue weighted by Crippen LogP contribution is -1.89. The molecular weight excluding hydrogens is 192 g/mol. The second kappa shape index (κ2) is 4.26. The summed E-state index contributed by atoms with van der Waals surface area (Å²) in [5.41, 5.74) is 9.30. The summed E-state index contributed by atoms with van der Waals surface area (Å²) in [7, 11) is 0. The van der Waals surface area contributed by atoms with Crippen molar-refractivity contribution in [3.63, 3.8) is 0 Å². The highest BCUT2D eigenvalue weighted by atomic mass is 15.3. The standard InChI is InChI=1S/C9H8N6/c10-15-14-9-11-8(12-13-9)6-7-4-2-1-3-5-7/h1-5H,6H2,(H,11,12,13). The van der Waals surface area contributed by atoms with Crippen LogP contribution in [0.5, 0.6) is 0 Å². The quantitative estimate of drug-likeness (QED) is 0.468. The van der Waals surface area contributed by atoms with E-state index in [0.29, 0.717) is 12.2 Å². The maximum atomic E-state index is 8.19. The molecular formula is C9H8N6. The maximum absolute atomic E-state index is 8.19. The van der Waals surface area contributed by atoms with Crippen LogP contribution in [0.15, 0.2) is 35.4 Å². The van der Waals surface area contributed by atoms with Crippen molar-refractivity contribution < 1.29 is 0 Å². The molecule has 0 unspecified atom stereocenters. The Morgan fingerprint density at radius 1 is 1.33 bits per heavy atom. The molecule has 0 saturated carbocycles. The predicted molar refractivity (Wildman–Crippen MR) is 54.4 cm³/mol. The third kappa shape index (κ3) is 2.32. The molecule has 0 amide bonds. The molecule has 15 heavy (non-hydrogen) atoms. The summed E-state index contributed by atoms with van der Waals surface area (Å²) in [6.07, 6.45) is 0.623. The Morgan fingerprint density at radius 3 is 2.87 bits per heavy atom. The lowest BCUT2D eigenvalue weighted by molar-refractivity contribution is 0.972. The molecule has 0 bridgehead atoms. The summed E-state index contributed by atoms with van der Waals surface area (Å²) in [4.78, 5) is 6.63. The average Bonchev–Trinajstić information content (AvgIpc) is 2.68. The Bertz CT molecular complexity index is 482. The molecule has 0 radical (unpaired) electrons. The molecule has 0 aliphatic heterocycles. The Balaban J connectivity index is 2.15. The summed E-state index contributed by atoms with van der Waals surface area (Å²) < 4.78 is 0. The second-order valence-corrected chi connectivity index (χ2v) is 2.93. The zero-order chi connectivity index (χ0) is 10.5. The van der Waals surface area contributed by atoms with Crippen LogP contribution >= 0.6 is 0 Å². The van der Waals surface area contributed by atoms with Crippen LogP contribution in [0.3, 0.4) is 0 Å². The molecule has 2 rings (SSSR count). The van der Waals surface area contributed by atoms with E-state index in [9.17, 15) is 0 Å². The third-order valence-corrected chi connectivity index (χ3v) is 1.86. The molecule has 0 fully saturated rings. The van der Waals surface area contributed by atoms with E-state index in [-0.39, 0.29) is 5.95 Å². The van der Waals surface area contributed by atoms with E-state index in [1.54, 1.807) is 0 Å². The topological polar surface area (TPSA) is 90.3 Å². The molecule has 2 aromatic rings. The first-order valence-corrected chi connectivity index (χ1v) is 4.39. The number of azide groups is 1. The second-order valence-electron chi connectivity index (χ2n) is 2.93. The highest BCUT2D eigenvalue weighted by molar-refractivity contribution is 5.21. The first-order valence-electron chi connectivity index (χ1n) is 4.39. The van der Waals surface area contributed by atoms with Gasteiger partial charge in [0.2, 0.25) is 5.95 Å². The number of nitrogens with zero attached hydrogens (tertiary/aromatic N) is 5. The van der Waals surface area contributed by atoms with Gasteiger partial charge in [-0.15, -0.1) is 0 Å². The predicted octanol–water partition coefficient (Wildman–Crippen LogP) is 2.34. The van der Waals surface area contributed by atoms with Crippen LogP contribution in [0.1, 0.15) is 11.4 Å². The lowest BCUT2D eigenvalue weighted by Gasteiger charge is -1.94. The van der Waals surface area contributed by atoms with Gasteiger partial charge in [0, 0.05) is 11.3 Å². The highest BCUT2D eigenvalue weighted by Crippen LogP contribution is 2.08. The Kier molecular flexibility index (Phi) is 2.62. The van der Waals surface area contributed by atoms with E-state index in [0.717, 1.165) is 5.56 Å². The van der Waals surface area contributed by atoms with E-state index in [4.69, 9.17) is 5.53 Å². The van der Waals surface area contributed by atoms with Gasteiger partial charge in [-0.2, -0.15) is 5.10 Å². The first kappa shape index (κ1) is 9.23. The number of rotatable bonds is 3. The minimum absolute atomic E-state index is 0.198. The fourth-order valence-electron chi connectivity index (χ4n) is 1.23. The number of aromatic nitrogens is 3. The fourth-order valence-corrected chi connectivity index (χ4v) is 1.23. The van der Waals surface area contributed by atoms with Crippen LogP contribution in [-0.4, -0.2) is 15.2 Å². The molecule has 1 aromatic carbocycles. The van der Waals surface area contributed by atoms with E-state index in [2.05, 4.69) is 25.2 Å². The maximum Gasteiger partial charge on any atom is 0.212 e. The smallest absolute Gasteiger partial charge is 0.212 e. The summed E-state index contributed by atoms with van der Waals surface area (Å²) in [5.74, 6) is 0.812. The Hall–Kier alpha value is -2.33. The van der Waals surface area contributed by atoms with Gasteiger partial charge in [-0.3, -0.25) is 5.10 Å². The molecule has 6 heteroatoms. The zero-order valence-electron chi connectivity index (χ0n) is 7.83. The number of benzene rings is 1. The lowest BCUT2D eigenvalue weighted by atomic mass is 10.1. The van der Waals surface area contributed by atoms with E-state index >= 15 is 0 Å². The molecule has 0 atom stereocenters. The van der Waals surface area contributed by atoms with Crippen LogP contribution in [0, 0.1) is 0 Å². The van der Waals surface area contributed by atoms with Crippen molar-refractivity contribution in [3.8, 4) is 0 Å². The van der Waals surface area contributed by atoms with E-state index in [1.807, 2.05) is 30.3 Å². The monoisotopic (exact) mass is 200 g/mol. The number of hydrogen-bond donors (Lipinski definition) is 1. The van der Waals surface area contributed by atoms with Gasteiger partial charge in [-0.1, -0.05) is 30.3 Å². The molecule has 0 saturated heterocycles. The van der Waals surface area contributed by atoms with Crippen molar-refractivity contribution in [2.45, 2.75) is 6.42 Å². The number of hydrogen-bond acceptors (Lipinski definition) is 3. The first-order chi connectivity index (χ1) is 7.38. The summed E-state index contributed by atoms with van der Waals surface area (Å²) in [5, 5.41) is 9.79. The Morgan fingerprint density at radius 2 is 2.13 bits per heavy atom. The van der Waals surface area contributed by atoms with Gasteiger partial charge in [-0.05, 0) is 16.2 Å². The van der Waals surface area contributed by atoms with E-state index in [1.165, 1.54) is 0 Å². The van der Waals surface area contributed by atoms with Crippen LogP contribution < -0.4 is 0 Å². The summed E-state index contributed by atoms with van der Waals surface area (Å²) in [6, 6.07) is 9.84. The van der Waals surface area contributed by atoms with E-state index < -0.39 is 0 Å². The van der Waals surface area contributed by atoms with Gasteiger partial charge in [0.05, 0.1) is 0 Å². The zero-order valence-corrected chi connectivity index (χ0v) is 7.83. The van der Waals surface area contributed by atoms with Crippen LogP contribution in [-0.2, 0) is 6.42 Å². The minimum atomic E-state index is 0.198. The average molecular weight is 200 g/mol. The van der Waals surface area contributed by atoms with Gasteiger partial charge >= 0.3 is 0 Å². The molecule has 74 valence electrons. The van der Waals surface area contributed by atoms with Gasteiger partial charge < -0.3 is 0 Å². The van der Waals surface area contributed by atoms with Gasteiger partial charge in [0.1, 0.15) is 0 Å². The molecule has 0 aliphatic carbocycles. The van der Waals surface area contributed by atoms with Gasteiger partial charge in [0.25, 0.3) is 0 Å². The largest absolute Gasteiger partial charge is 0.258 e. The molecule has 1 N–H and O–H groups in total. The Labute approximate surface area is 85.6 Å². The van der Waals surface area contributed by atoms with Crippen molar-refractivity contribution in [2.24, 2.45) is 5.11 Å². The fraction of sp³-hybridized carbons (Fsp3) is 0.111. The van der Waals surface area contributed by atoms with Crippen molar-refractivity contribution in [2.75, 3.05) is 0 Å². The van der Waals surface area contributed by atoms with Crippen LogP contribution in [0.4, 0.5) is 5.95 Å². The van der Waals surface area contributed by atoms with Crippen molar-refractivity contribution in [1.82, 2.24) is 15.2 Å². The van der Waals surface area contributed by atoms with Crippen molar-refractivity contribution in [1.29, 1.82) is 0 Å². The number of nitrogens with one attached hydrogen (secondary N) is 1. The van der Waals surface area contributed by atoms with Crippen LogP contribution in [0.25, 0.3) is 10.4 Å². The molecule has 1 heterocycles. The molecule has 0 aliphatic rings. The van der Waals surface area contributed by atoms with Crippen molar-refractivity contribution >= 4 is 5.95 Å². The minimum Gasteiger partial charge on any atom is -0.258 e. The SMILES string of the molecule is [N-]=[N+]=Nc1nc(Cc2ccccc2)n[nH]1. The van der Waals surface area contributed by atoms with Crippen LogP contribution in [0.2, 0.25) is 0 Å². The summed E-state index contributed by atoms with van der Waals surface area (Å²) >= 11 is 0. The third-order valence-electron chi connectivity index (χ3n) is 1.86. The summed E-state index contributed by atoms with van der Waals surface area (Å²) in [6.45, 7) is 0. The number of aromatic amines is 1. The molecule has 1 aromatic heterocycles. The van der Waals surface area contributed by atoms with Gasteiger partial charge in [0.15, 0.2) is 5.82 Å².